The van der Waals surface area contributed by atoms with E-state index in [-0.39, 0.29) is 30.6 Å². The summed E-state index contributed by atoms with van der Waals surface area (Å²) in [6.45, 7) is 1.57. The van der Waals surface area contributed by atoms with Gasteiger partial charge in [-0.3, -0.25) is 19.8 Å². The summed E-state index contributed by atoms with van der Waals surface area (Å²) in [5, 5.41) is 1.23. The Morgan fingerprint density at radius 2 is 1.75 bits per heavy atom. The summed E-state index contributed by atoms with van der Waals surface area (Å²) in [5.74, 6) is -0.472. The minimum Gasteiger partial charge on any atom is -0.334 e. The summed E-state index contributed by atoms with van der Waals surface area (Å²) in [6, 6.07) is 16.5. The number of nitrogens with zero attached hydrogens (tertiary/aromatic N) is 2. The van der Waals surface area contributed by atoms with Crippen LogP contribution in [-0.2, 0) is 16.1 Å². The molecule has 1 saturated heterocycles. The third kappa shape index (κ3) is 4.75. The molecule has 0 aliphatic carbocycles. The van der Waals surface area contributed by atoms with E-state index in [1.165, 1.54) is 5.01 Å². The van der Waals surface area contributed by atoms with Crippen molar-refractivity contribution in [3.05, 3.63) is 65.7 Å². The molecule has 1 fully saturated rings. The second-order valence-corrected chi connectivity index (χ2v) is 6.67. The van der Waals surface area contributed by atoms with Gasteiger partial charge in [-0.05, 0) is 42.8 Å². The second kappa shape index (κ2) is 9.14. The van der Waals surface area contributed by atoms with Crippen molar-refractivity contribution >= 4 is 23.4 Å². The van der Waals surface area contributed by atoms with E-state index >= 15 is 0 Å². The summed E-state index contributed by atoms with van der Waals surface area (Å²) in [6.07, 6.45) is 1.09. The molecule has 1 aliphatic rings. The van der Waals surface area contributed by atoms with E-state index in [1.807, 2.05) is 30.3 Å². The Kier molecular flexibility index (Phi) is 6.39. The molecule has 7 nitrogen and oxygen atoms in total. The predicted octanol–water partition coefficient (Wildman–Crippen LogP) is 1.84. The Labute approximate surface area is 164 Å². The lowest BCUT2D eigenvalue weighted by atomic mass is 10.1. The summed E-state index contributed by atoms with van der Waals surface area (Å²) < 4.78 is 0. The Balaban J connectivity index is 1.75. The van der Waals surface area contributed by atoms with E-state index < -0.39 is 0 Å². The molecule has 3 N–H and O–H groups in total. The standard InChI is InChI=1S/C21H24N4O3/c22-13-4-14-24(15-16-5-2-1-3-6-16)21(28)17-7-9-18(10-8-17)25-20(27)12-11-19(26)23-25/h1-3,5-10H,4,11-15,22H2,(H,23,26). The number of carbonyl (C=O) groups excluding carboxylic acids is 3. The number of hydrazine groups is 1. The lowest BCUT2D eigenvalue weighted by Gasteiger charge is -2.27. The summed E-state index contributed by atoms with van der Waals surface area (Å²) >= 11 is 0. The van der Waals surface area contributed by atoms with E-state index in [0.29, 0.717) is 37.3 Å². The Morgan fingerprint density at radius 3 is 2.43 bits per heavy atom. The van der Waals surface area contributed by atoms with Crippen molar-refractivity contribution in [1.82, 2.24) is 10.3 Å². The Bertz CT molecular complexity index is 836. The maximum Gasteiger partial charge on any atom is 0.254 e. The first kappa shape index (κ1) is 19.6. The van der Waals surface area contributed by atoms with Crippen molar-refractivity contribution < 1.29 is 14.4 Å². The minimum absolute atomic E-state index is 0.0992. The number of benzene rings is 2. The molecule has 0 unspecified atom stereocenters. The van der Waals surface area contributed by atoms with Gasteiger partial charge >= 0.3 is 0 Å². The van der Waals surface area contributed by atoms with Crippen LogP contribution in [0.15, 0.2) is 54.6 Å². The maximum absolute atomic E-state index is 13.0. The van der Waals surface area contributed by atoms with Gasteiger partial charge in [0.1, 0.15) is 0 Å². The number of rotatable bonds is 7. The van der Waals surface area contributed by atoms with Crippen LogP contribution in [0.25, 0.3) is 0 Å². The van der Waals surface area contributed by atoms with Crippen molar-refractivity contribution in [2.75, 3.05) is 18.1 Å². The SMILES string of the molecule is NCCCN(Cc1ccccc1)C(=O)c1ccc(N2NC(=O)CCC2=O)cc1. The maximum atomic E-state index is 13.0. The minimum atomic E-state index is -0.199. The second-order valence-electron chi connectivity index (χ2n) is 6.67. The van der Waals surface area contributed by atoms with E-state index in [9.17, 15) is 14.4 Å². The highest BCUT2D eigenvalue weighted by atomic mass is 16.2. The molecule has 0 aromatic heterocycles. The normalized spacial score (nSPS) is 14.0. The van der Waals surface area contributed by atoms with Crippen molar-refractivity contribution in [1.29, 1.82) is 0 Å². The van der Waals surface area contributed by atoms with Gasteiger partial charge in [0.25, 0.3) is 5.91 Å². The number of amides is 3. The molecule has 1 aliphatic heterocycles. The zero-order valence-electron chi connectivity index (χ0n) is 15.6. The molecule has 0 spiro atoms. The molecule has 2 aromatic rings. The average Bonchev–Trinajstić information content (AvgIpc) is 2.73. The number of carbonyl (C=O) groups is 3. The molecule has 7 heteroatoms. The topological polar surface area (TPSA) is 95.7 Å². The van der Waals surface area contributed by atoms with Crippen LogP contribution in [0, 0.1) is 0 Å². The number of nitrogens with one attached hydrogen (secondary N) is 1. The molecule has 3 amide bonds. The third-order valence-corrected chi connectivity index (χ3v) is 4.56. The number of hydrogen-bond acceptors (Lipinski definition) is 4. The fourth-order valence-electron chi connectivity index (χ4n) is 3.06. The molecule has 0 atom stereocenters. The van der Waals surface area contributed by atoms with Gasteiger partial charge in [0.05, 0.1) is 5.69 Å². The van der Waals surface area contributed by atoms with Crippen molar-refractivity contribution in [3.8, 4) is 0 Å². The van der Waals surface area contributed by atoms with Crippen LogP contribution in [0.3, 0.4) is 0 Å². The van der Waals surface area contributed by atoms with E-state index in [0.717, 1.165) is 5.56 Å². The summed E-state index contributed by atoms with van der Waals surface area (Å²) in [4.78, 5) is 38.3. The van der Waals surface area contributed by atoms with Gasteiger partial charge < -0.3 is 10.6 Å². The zero-order chi connectivity index (χ0) is 19.9. The molecule has 0 bridgehead atoms. The van der Waals surface area contributed by atoms with Crippen LogP contribution in [-0.4, -0.2) is 35.7 Å². The highest BCUT2D eigenvalue weighted by molar-refractivity contribution is 6.01. The van der Waals surface area contributed by atoms with Gasteiger partial charge in [0, 0.05) is 31.5 Å². The van der Waals surface area contributed by atoms with E-state index in [4.69, 9.17) is 5.73 Å². The monoisotopic (exact) mass is 380 g/mol. The number of hydrogen-bond donors (Lipinski definition) is 2. The highest BCUT2D eigenvalue weighted by Crippen LogP contribution is 2.19. The van der Waals surface area contributed by atoms with Crippen molar-refractivity contribution in [2.45, 2.75) is 25.8 Å². The summed E-state index contributed by atoms with van der Waals surface area (Å²) in [7, 11) is 0. The van der Waals surface area contributed by atoms with Crippen LogP contribution in [0.2, 0.25) is 0 Å². The fourth-order valence-corrected chi connectivity index (χ4v) is 3.06. The van der Waals surface area contributed by atoms with Crippen molar-refractivity contribution in [2.24, 2.45) is 5.73 Å². The van der Waals surface area contributed by atoms with Gasteiger partial charge in [-0.25, -0.2) is 5.01 Å². The van der Waals surface area contributed by atoms with Gasteiger partial charge in [-0.15, -0.1) is 0 Å². The molecule has 3 rings (SSSR count). The zero-order valence-corrected chi connectivity index (χ0v) is 15.6. The van der Waals surface area contributed by atoms with Crippen molar-refractivity contribution in [3.63, 3.8) is 0 Å². The third-order valence-electron chi connectivity index (χ3n) is 4.56. The smallest absolute Gasteiger partial charge is 0.254 e. The van der Waals surface area contributed by atoms with Gasteiger partial charge in [0.2, 0.25) is 11.8 Å². The number of anilines is 1. The van der Waals surface area contributed by atoms with Crippen LogP contribution >= 0.6 is 0 Å². The number of nitrogens with two attached hydrogens (primary N) is 1. The first-order valence-electron chi connectivity index (χ1n) is 9.34. The molecule has 0 saturated carbocycles. The van der Waals surface area contributed by atoms with Crippen LogP contribution in [0.4, 0.5) is 5.69 Å². The summed E-state index contributed by atoms with van der Waals surface area (Å²) in [5.41, 5.74) is 10.3. The fraction of sp³-hybridized carbons (Fsp3) is 0.286. The van der Waals surface area contributed by atoms with Crippen LogP contribution in [0.1, 0.15) is 35.2 Å². The van der Waals surface area contributed by atoms with Gasteiger partial charge in [0.15, 0.2) is 0 Å². The molecule has 0 radical (unpaired) electrons. The first-order chi connectivity index (χ1) is 13.6. The quantitative estimate of drug-likeness (QED) is 0.766. The lowest BCUT2D eigenvalue weighted by Crippen LogP contribution is -2.50. The molecule has 2 aromatic carbocycles. The van der Waals surface area contributed by atoms with E-state index in [1.54, 1.807) is 29.2 Å². The highest BCUT2D eigenvalue weighted by Gasteiger charge is 2.24. The van der Waals surface area contributed by atoms with Gasteiger partial charge in [-0.1, -0.05) is 30.3 Å². The Hall–Kier alpha value is -3.19. The largest absolute Gasteiger partial charge is 0.334 e. The molecule has 1 heterocycles. The molecular weight excluding hydrogens is 356 g/mol. The lowest BCUT2D eigenvalue weighted by molar-refractivity contribution is -0.130. The first-order valence-corrected chi connectivity index (χ1v) is 9.34. The average molecular weight is 380 g/mol. The van der Waals surface area contributed by atoms with Crippen LogP contribution in [0.5, 0.6) is 0 Å². The van der Waals surface area contributed by atoms with E-state index in [2.05, 4.69) is 5.43 Å². The Morgan fingerprint density at radius 1 is 1.04 bits per heavy atom. The van der Waals surface area contributed by atoms with Gasteiger partial charge in [-0.2, -0.15) is 0 Å². The molecule has 28 heavy (non-hydrogen) atoms. The van der Waals surface area contributed by atoms with Crippen LogP contribution < -0.4 is 16.2 Å². The predicted molar refractivity (Wildman–Crippen MR) is 106 cm³/mol. The molecular formula is C21H24N4O3. The molecule has 146 valence electrons.